The van der Waals surface area contributed by atoms with Gasteiger partial charge in [-0.3, -0.25) is 9.79 Å². The second kappa shape index (κ2) is 5.88. The first kappa shape index (κ1) is 12.2. The number of para-hydroxylation sites is 1. The van der Waals surface area contributed by atoms with Gasteiger partial charge in [0.05, 0.1) is 10.7 Å². The maximum atomic E-state index is 11.7. The Bertz CT molecular complexity index is 452. The Kier molecular flexibility index (Phi) is 4.48. The van der Waals surface area contributed by atoms with Gasteiger partial charge in [0.1, 0.15) is 5.70 Å². The van der Waals surface area contributed by atoms with E-state index in [2.05, 4.69) is 23.6 Å². The maximum absolute atomic E-state index is 11.7. The first-order valence-electron chi connectivity index (χ1n) is 4.54. The van der Waals surface area contributed by atoms with E-state index in [1.807, 2.05) is 0 Å². The number of aliphatic imine (C=N–C) groups is 1. The zero-order valence-corrected chi connectivity index (χ0v) is 9.37. The van der Waals surface area contributed by atoms with Gasteiger partial charge in [0, 0.05) is 0 Å². The molecule has 0 fully saturated rings. The molecule has 0 bridgehead atoms. The van der Waals surface area contributed by atoms with Gasteiger partial charge in [0.25, 0.3) is 5.91 Å². The van der Waals surface area contributed by atoms with Crippen molar-refractivity contribution in [3.63, 3.8) is 0 Å². The molecule has 1 rings (SSSR count). The lowest BCUT2D eigenvalue weighted by atomic mass is 10.3. The second-order valence-electron chi connectivity index (χ2n) is 2.88. The minimum absolute atomic E-state index is 0.190. The van der Waals surface area contributed by atoms with Crippen molar-refractivity contribution in [1.82, 2.24) is 0 Å². The van der Waals surface area contributed by atoms with Gasteiger partial charge in [-0.25, -0.2) is 0 Å². The second-order valence-corrected chi connectivity index (χ2v) is 3.29. The fourth-order valence-corrected chi connectivity index (χ4v) is 1.24. The number of hydrogen-bond donors (Lipinski definition) is 1. The van der Waals surface area contributed by atoms with Crippen LogP contribution in [0.4, 0.5) is 5.69 Å². The summed E-state index contributed by atoms with van der Waals surface area (Å²) in [5.41, 5.74) is 0.725. The Labute approximate surface area is 99.2 Å². The van der Waals surface area contributed by atoms with E-state index >= 15 is 0 Å². The summed E-state index contributed by atoms with van der Waals surface area (Å²) in [6, 6.07) is 6.95. The molecule has 0 aliphatic rings. The molecule has 0 saturated carbocycles. The molecule has 0 radical (unpaired) electrons. The number of nitrogens with one attached hydrogen (secondary N) is 1. The third-order valence-electron chi connectivity index (χ3n) is 1.80. The standard InChI is InChI=1S/C12H11ClN2O/c1-3-6-11(14-2)12(16)15-10-8-5-4-7-9(10)13/h3-8H,1-2H2,(H,15,16). The summed E-state index contributed by atoms with van der Waals surface area (Å²) in [6.45, 7) is 6.79. The van der Waals surface area contributed by atoms with E-state index in [0.29, 0.717) is 10.7 Å². The van der Waals surface area contributed by atoms with Crippen molar-refractivity contribution in [2.75, 3.05) is 5.32 Å². The highest BCUT2D eigenvalue weighted by atomic mass is 35.5. The van der Waals surface area contributed by atoms with Gasteiger partial charge in [-0.15, -0.1) is 0 Å². The Balaban J connectivity index is 2.86. The molecule has 0 heterocycles. The van der Waals surface area contributed by atoms with Gasteiger partial charge in [-0.05, 0) is 24.9 Å². The Morgan fingerprint density at radius 1 is 1.44 bits per heavy atom. The molecule has 0 aliphatic heterocycles. The number of rotatable bonds is 4. The summed E-state index contributed by atoms with van der Waals surface area (Å²) >= 11 is 5.89. The molecule has 0 saturated heterocycles. The van der Waals surface area contributed by atoms with E-state index in [0.717, 1.165) is 0 Å². The van der Waals surface area contributed by atoms with E-state index in [-0.39, 0.29) is 11.6 Å². The van der Waals surface area contributed by atoms with Crippen LogP contribution < -0.4 is 5.32 Å². The van der Waals surface area contributed by atoms with E-state index in [9.17, 15) is 4.79 Å². The fourth-order valence-electron chi connectivity index (χ4n) is 1.06. The van der Waals surface area contributed by atoms with E-state index in [1.54, 1.807) is 24.3 Å². The molecule has 0 unspecified atom stereocenters. The molecule has 0 aliphatic carbocycles. The maximum Gasteiger partial charge on any atom is 0.274 e. The average molecular weight is 235 g/mol. The van der Waals surface area contributed by atoms with Crippen molar-refractivity contribution in [2.24, 2.45) is 4.99 Å². The molecule has 1 amide bonds. The molecule has 0 atom stereocenters. The zero-order chi connectivity index (χ0) is 12.0. The topological polar surface area (TPSA) is 41.5 Å². The number of hydrogen-bond acceptors (Lipinski definition) is 2. The smallest absolute Gasteiger partial charge is 0.274 e. The van der Waals surface area contributed by atoms with Gasteiger partial charge in [-0.1, -0.05) is 36.4 Å². The van der Waals surface area contributed by atoms with Gasteiger partial charge >= 0.3 is 0 Å². The van der Waals surface area contributed by atoms with Crippen LogP contribution in [0.2, 0.25) is 5.02 Å². The molecule has 0 aromatic heterocycles. The molecule has 1 N–H and O–H groups in total. The number of carbonyl (C=O) groups is 1. The molecule has 16 heavy (non-hydrogen) atoms. The lowest BCUT2D eigenvalue weighted by Crippen LogP contribution is -2.13. The highest BCUT2D eigenvalue weighted by molar-refractivity contribution is 6.33. The molecule has 4 heteroatoms. The minimum atomic E-state index is -0.372. The highest BCUT2D eigenvalue weighted by Crippen LogP contribution is 2.20. The van der Waals surface area contributed by atoms with E-state index in [1.165, 1.54) is 12.2 Å². The van der Waals surface area contributed by atoms with E-state index in [4.69, 9.17) is 11.6 Å². The molecule has 3 nitrogen and oxygen atoms in total. The van der Waals surface area contributed by atoms with Crippen LogP contribution >= 0.6 is 11.6 Å². The van der Waals surface area contributed by atoms with Crippen LogP contribution in [-0.4, -0.2) is 12.6 Å². The van der Waals surface area contributed by atoms with Crippen molar-refractivity contribution in [1.29, 1.82) is 0 Å². The van der Waals surface area contributed by atoms with Crippen LogP contribution in [0.25, 0.3) is 0 Å². The van der Waals surface area contributed by atoms with Crippen molar-refractivity contribution in [3.05, 3.63) is 53.7 Å². The molecular formula is C12H11ClN2O. The van der Waals surface area contributed by atoms with Gasteiger partial charge in [0.2, 0.25) is 0 Å². The summed E-state index contributed by atoms with van der Waals surface area (Å²) in [4.78, 5) is 15.3. The quantitative estimate of drug-likeness (QED) is 0.486. The van der Waals surface area contributed by atoms with Crippen molar-refractivity contribution >= 4 is 29.9 Å². The third-order valence-corrected chi connectivity index (χ3v) is 2.13. The van der Waals surface area contributed by atoms with Crippen LogP contribution in [0.5, 0.6) is 0 Å². The predicted molar refractivity (Wildman–Crippen MR) is 67.9 cm³/mol. The molecule has 0 spiro atoms. The molecule has 1 aromatic rings. The summed E-state index contributed by atoms with van der Waals surface area (Å²) in [7, 11) is 0. The van der Waals surface area contributed by atoms with Gasteiger partial charge in [0.15, 0.2) is 0 Å². The van der Waals surface area contributed by atoms with Crippen molar-refractivity contribution in [3.8, 4) is 0 Å². The first-order chi connectivity index (χ1) is 7.69. The summed E-state index contributed by atoms with van der Waals surface area (Å²) in [5, 5.41) is 3.10. The number of carbonyl (C=O) groups excluding carboxylic acids is 1. The number of benzene rings is 1. The molecular weight excluding hydrogens is 224 g/mol. The Morgan fingerprint density at radius 3 is 2.69 bits per heavy atom. The number of anilines is 1. The minimum Gasteiger partial charge on any atom is -0.319 e. The summed E-state index contributed by atoms with van der Waals surface area (Å²) in [6.07, 6.45) is 2.94. The molecule has 1 aromatic carbocycles. The average Bonchev–Trinajstić information content (AvgIpc) is 2.29. The third kappa shape index (κ3) is 3.07. The highest BCUT2D eigenvalue weighted by Gasteiger charge is 2.08. The van der Waals surface area contributed by atoms with Crippen LogP contribution in [0.1, 0.15) is 0 Å². The monoisotopic (exact) mass is 234 g/mol. The summed E-state index contributed by atoms with van der Waals surface area (Å²) < 4.78 is 0. The van der Waals surface area contributed by atoms with Crippen molar-refractivity contribution < 1.29 is 4.79 Å². The van der Waals surface area contributed by atoms with Crippen LogP contribution in [0.3, 0.4) is 0 Å². The number of halogens is 1. The van der Waals surface area contributed by atoms with Crippen LogP contribution in [-0.2, 0) is 4.79 Å². The SMILES string of the molecule is C=CC=C(N=C)C(=O)Nc1ccccc1Cl. The Hall–Kier alpha value is -1.87. The first-order valence-corrected chi connectivity index (χ1v) is 4.92. The zero-order valence-electron chi connectivity index (χ0n) is 8.61. The number of nitrogens with zero attached hydrogens (tertiary/aromatic N) is 1. The van der Waals surface area contributed by atoms with Crippen LogP contribution in [0, 0.1) is 0 Å². The summed E-state index contributed by atoms with van der Waals surface area (Å²) in [5.74, 6) is -0.372. The predicted octanol–water partition coefficient (Wildman–Crippen LogP) is 3.05. The van der Waals surface area contributed by atoms with Crippen LogP contribution in [0.15, 0.2) is 53.7 Å². The fraction of sp³-hybridized carbons (Fsp3) is 0. The van der Waals surface area contributed by atoms with Gasteiger partial charge in [-0.2, -0.15) is 0 Å². The lowest BCUT2D eigenvalue weighted by molar-refractivity contribution is -0.112. The largest absolute Gasteiger partial charge is 0.319 e. The van der Waals surface area contributed by atoms with Crippen molar-refractivity contribution in [2.45, 2.75) is 0 Å². The number of allylic oxidation sites excluding steroid dienone is 2. The molecule has 82 valence electrons. The van der Waals surface area contributed by atoms with Gasteiger partial charge < -0.3 is 5.32 Å². The lowest BCUT2D eigenvalue weighted by Gasteiger charge is -2.06. The Morgan fingerprint density at radius 2 is 2.12 bits per heavy atom. The number of amides is 1. The van der Waals surface area contributed by atoms with E-state index < -0.39 is 0 Å². The normalized spacial score (nSPS) is 10.7.